The van der Waals surface area contributed by atoms with Crippen LogP contribution in [0.2, 0.25) is 0 Å². The number of aromatic carboxylic acids is 1. The predicted molar refractivity (Wildman–Crippen MR) is 115 cm³/mol. The van der Waals surface area contributed by atoms with E-state index >= 15 is 0 Å². The molecule has 0 bridgehead atoms. The van der Waals surface area contributed by atoms with Gasteiger partial charge in [-0.2, -0.15) is 5.10 Å². The Bertz CT molecular complexity index is 1260. The van der Waals surface area contributed by atoms with E-state index in [1.807, 2.05) is 6.07 Å². The minimum absolute atomic E-state index is 0.0295. The monoisotopic (exact) mass is 440 g/mol. The van der Waals surface area contributed by atoms with Crippen LogP contribution in [0.3, 0.4) is 0 Å². The number of nitro groups is 1. The van der Waals surface area contributed by atoms with Gasteiger partial charge in [0, 0.05) is 12.1 Å². The quantitative estimate of drug-likeness (QED) is 0.275. The number of anilines is 2. The fourth-order valence-electron chi connectivity index (χ4n) is 2.61. The molecule has 0 fully saturated rings. The van der Waals surface area contributed by atoms with Crippen molar-refractivity contribution in [3.8, 4) is 0 Å². The Balaban J connectivity index is 1.99. The molecule has 0 aliphatic heterocycles. The minimum atomic E-state index is -4.41. The lowest BCUT2D eigenvalue weighted by molar-refractivity contribution is -0.385. The van der Waals surface area contributed by atoms with Gasteiger partial charge in [-0.25, -0.2) is 13.2 Å². The first-order valence-corrected chi connectivity index (χ1v) is 10.2. The molecule has 0 unspecified atom stereocenters. The number of rotatable bonds is 8. The van der Waals surface area contributed by atoms with Crippen LogP contribution in [0.25, 0.3) is 0 Å². The molecule has 11 heteroatoms. The number of sulfonamides is 1. The van der Waals surface area contributed by atoms with Crippen LogP contribution in [0.4, 0.5) is 17.1 Å². The number of carbonyl (C=O) groups is 1. The van der Waals surface area contributed by atoms with Crippen molar-refractivity contribution >= 4 is 39.3 Å². The second kappa shape index (κ2) is 9.05. The number of nitro benzene ring substituents is 1. The molecule has 0 saturated carbocycles. The molecular formula is C20H16N4O6S. The highest BCUT2D eigenvalue weighted by Gasteiger charge is 2.24. The molecule has 0 atom stereocenters. The average Bonchev–Trinajstić information content (AvgIpc) is 2.74. The maximum atomic E-state index is 13.0. The highest BCUT2D eigenvalue weighted by atomic mass is 32.2. The van der Waals surface area contributed by atoms with Crippen LogP contribution in [0, 0.1) is 10.1 Å². The van der Waals surface area contributed by atoms with Crippen LogP contribution in [0.15, 0.2) is 82.8 Å². The smallest absolute Gasteiger partial charge is 0.337 e. The largest absolute Gasteiger partial charge is 0.478 e. The van der Waals surface area contributed by atoms with Gasteiger partial charge in [0.25, 0.3) is 15.7 Å². The molecule has 0 amide bonds. The zero-order valence-corrected chi connectivity index (χ0v) is 16.6. The van der Waals surface area contributed by atoms with Crippen LogP contribution >= 0.6 is 0 Å². The van der Waals surface area contributed by atoms with Gasteiger partial charge in [0.1, 0.15) is 4.90 Å². The Kier molecular flexibility index (Phi) is 6.26. The van der Waals surface area contributed by atoms with Gasteiger partial charge in [0.2, 0.25) is 0 Å². The molecule has 3 rings (SSSR count). The van der Waals surface area contributed by atoms with Gasteiger partial charge in [-0.1, -0.05) is 42.5 Å². The third-order valence-electron chi connectivity index (χ3n) is 4.07. The lowest BCUT2D eigenvalue weighted by Crippen LogP contribution is -2.17. The molecule has 0 saturated heterocycles. The number of hydrogen-bond donors (Lipinski definition) is 3. The van der Waals surface area contributed by atoms with Gasteiger partial charge in [0.05, 0.1) is 28.1 Å². The van der Waals surface area contributed by atoms with Crippen LogP contribution < -0.4 is 10.1 Å². The van der Waals surface area contributed by atoms with E-state index in [0.29, 0.717) is 0 Å². The first kappa shape index (κ1) is 21.5. The minimum Gasteiger partial charge on any atom is -0.478 e. The first-order valence-electron chi connectivity index (χ1n) is 8.75. The third kappa shape index (κ3) is 5.22. The van der Waals surface area contributed by atoms with Crippen molar-refractivity contribution in [3.63, 3.8) is 0 Å². The van der Waals surface area contributed by atoms with E-state index in [4.69, 9.17) is 0 Å². The van der Waals surface area contributed by atoms with Crippen LogP contribution in [-0.2, 0) is 10.0 Å². The molecule has 0 radical (unpaired) electrons. The lowest BCUT2D eigenvalue weighted by Gasteiger charge is -2.13. The van der Waals surface area contributed by atoms with E-state index in [0.717, 1.165) is 17.7 Å². The Hall–Kier alpha value is -4.25. The van der Waals surface area contributed by atoms with Gasteiger partial charge in [0.15, 0.2) is 0 Å². The molecule has 3 aromatic carbocycles. The third-order valence-corrected chi connectivity index (χ3v) is 5.47. The number of benzene rings is 3. The zero-order valence-electron chi connectivity index (χ0n) is 15.8. The van der Waals surface area contributed by atoms with Crippen molar-refractivity contribution in [2.24, 2.45) is 5.10 Å². The summed E-state index contributed by atoms with van der Waals surface area (Å²) in [5.74, 6) is -1.33. The van der Waals surface area contributed by atoms with E-state index in [9.17, 15) is 28.4 Å². The number of carboxylic acid groups (broad SMARTS) is 1. The van der Waals surface area contributed by atoms with Crippen molar-refractivity contribution in [1.82, 2.24) is 0 Å². The molecule has 10 nitrogen and oxygen atoms in total. The van der Waals surface area contributed by atoms with Gasteiger partial charge in [-0.05, 0) is 23.8 Å². The molecular weight excluding hydrogens is 424 g/mol. The summed E-state index contributed by atoms with van der Waals surface area (Å²) < 4.78 is 28.1. The van der Waals surface area contributed by atoms with Crippen molar-refractivity contribution in [3.05, 3.63) is 94.0 Å². The summed E-state index contributed by atoms with van der Waals surface area (Å²) in [4.78, 5) is 21.3. The number of nitrogens with zero attached hydrogens (tertiary/aromatic N) is 2. The molecule has 158 valence electrons. The number of nitrogens with one attached hydrogen (secondary N) is 2. The molecule has 0 spiro atoms. The number of non-ortho nitro benzene ring substituents is 1. The summed E-state index contributed by atoms with van der Waals surface area (Å²) in [5, 5.41) is 24.4. The fraction of sp³-hybridized carbons (Fsp3) is 0. The highest BCUT2D eigenvalue weighted by Crippen LogP contribution is 2.29. The maximum absolute atomic E-state index is 13.0. The normalized spacial score (nSPS) is 11.2. The van der Waals surface area contributed by atoms with Gasteiger partial charge < -0.3 is 5.11 Å². The standard InChI is InChI=1S/C20H16N4O6S/c25-20(26)16-8-4-5-9-17(16)23-31(29,30)19-12-15(24(27)28)10-11-18(19)22-21-13-14-6-2-1-3-7-14/h1-13,22-23H,(H,25,26)/b21-13-. The number of hydrazone groups is 1. The van der Waals surface area contributed by atoms with Crippen molar-refractivity contribution in [1.29, 1.82) is 0 Å². The van der Waals surface area contributed by atoms with Crippen LogP contribution in [0.1, 0.15) is 15.9 Å². The molecule has 0 aliphatic rings. The average molecular weight is 440 g/mol. The van der Waals surface area contributed by atoms with Crippen LogP contribution in [-0.4, -0.2) is 30.6 Å². The zero-order chi connectivity index (χ0) is 22.4. The van der Waals surface area contributed by atoms with Crippen molar-refractivity contribution in [2.45, 2.75) is 4.90 Å². The van der Waals surface area contributed by atoms with E-state index in [2.05, 4.69) is 15.2 Å². The first-order chi connectivity index (χ1) is 14.8. The molecule has 0 aromatic heterocycles. The Morgan fingerprint density at radius 2 is 1.68 bits per heavy atom. The maximum Gasteiger partial charge on any atom is 0.337 e. The molecule has 0 heterocycles. The summed E-state index contributed by atoms with van der Waals surface area (Å²) in [6.45, 7) is 0. The lowest BCUT2D eigenvalue weighted by atomic mass is 10.2. The Labute approximate surface area is 177 Å². The number of carboxylic acids is 1. The number of para-hydroxylation sites is 1. The molecule has 31 heavy (non-hydrogen) atoms. The second-order valence-electron chi connectivity index (χ2n) is 6.17. The Morgan fingerprint density at radius 3 is 2.35 bits per heavy atom. The van der Waals surface area contributed by atoms with E-state index < -0.39 is 31.5 Å². The highest BCUT2D eigenvalue weighted by molar-refractivity contribution is 7.93. The predicted octanol–water partition coefficient (Wildman–Crippen LogP) is 3.54. The second-order valence-corrected chi connectivity index (χ2v) is 7.83. The molecule has 0 aliphatic carbocycles. The summed E-state index contributed by atoms with van der Waals surface area (Å²) in [6.07, 6.45) is 1.45. The van der Waals surface area contributed by atoms with E-state index in [1.54, 1.807) is 24.3 Å². The Morgan fingerprint density at radius 1 is 1.00 bits per heavy atom. The summed E-state index contributed by atoms with van der Waals surface area (Å²) in [5.41, 5.74) is 2.38. The topological polar surface area (TPSA) is 151 Å². The summed E-state index contributed by atoms with van der Waals surface area (Å²) >= 11 is 0. The molecule has 3 aromatic rings. The molecule has 3 N–H and O–H groups in total. The van der Waals surface area contributed by atoms with E-state index in [-0.39, 0.29) is 16.9 Å². The van der Waals surface area contributed by atoms with Gasteiger partial charge in [-0.15, -0.1) is 0 Å². The van der Waals surface area contributed by atoms with Crippen molar-refractivity contribution < 1.29 is 23.2 Å². The van der Waals surface area contributed by atoms with Gasteiger partial charge >= 0.3 is 5.97 Å². The SMILES string of the molecule is O=C(O)c1ccccc1NS(=O)(=O)c1cc([N+](=O)[O-])ccc1N/N=C\c1ccccc1. The van der Waals surface area contributed by atoms with Crippen molar-refractivity contribution in [2.75, 3.05) is 10.1 Å². The van der Waals surface area contributed by atoms with E-state index in [1.165, 1.54) is 36.5 Å². The van der Waals surface area contributed by atoms with Gasteiger partial charge in [-0.3, -0.25) is 20.3 Å². The summed E-state index contributed by atoms with van der Waals surface area (Å²) in [6, 6.07) is 17.6. The fourth-order valence-corrected chi connectivity index (χ4v) is 3.87. The summed E-state index contributed by atoms with van der Waals surface area (Å²) in [7, 11) is -4.41. The van der Waals surface area contributed by atoms with Crippen LogP contribution in [0.5, 0.6) is 0 Å². The number of hydrogen-bond acceptors (Lipinski definition) is 7.